The van der Waals surface area contributed by atoms with E-state index in [1.165, 1.54) is 44.5 Å². The third-order valence-corrected chi connectivity index (χ3v) is 14.9. The van der Waals surface area contributed by atoms with Gasteiger partial charge in [0.1, 0.15) is 22.3 Å². The summed E-state index contributed by atoms with van der Waals surface area (Å²) in [7, 11) is 0. The fourth-order valence-electron chi connectivity index (χ4n) is 12.2. The Morgan fingerprint density at radius 2 is 0.868 bits per heavy atom. The molecule has 316 valence electrons. The van der Waals surface area contributed by atoms with Gasteiger partial charge in [0.2, 0.25) is 0 Å². The van der Waals surface area contributed by atoms with Gasteiger partial charge in [-0.05, 0) is 103 Å². The van der Waals surface area contributed by atoms with E-state index in [2.05, 4.69) is 235 Å². The molecule has 2 heterocycles. The summed E-state index contributed by atoms with van der Waals surface area (Å²) in [5.74, 6) is 0. The van der Waals surface area contributed by atoms with E-state index in [4.69, 9.17) is 8.83 Å². The smallest absolute Gasteiger partial charge is 0.144 e. The van der Waals surface area contributed by atoms with Gasteiger partial charge in [0.05, 0.1) is 22.2 Å². The van der Waals surface area contributed by atoms with Crippen molar-refractivity contribution in [1.29, 1.82) is 0 Å². The topological polar surface area (TPSA) is 29.5 Å². The van der Waals surface area contributed by atoms with Crippen LogP contribution in [0.3, 0.4) is 0 Å². The molecule has 2 aliphatic carbocycles. The SMILES string of the molecule is c1ccc(-c2ccccc2N(c2ccc3c(c2)C2(c4ccccc4-c4ccccc42)c2ccccc2-3)c2cccc3oc4c(-c5cccc6c5oc5ccccc56)c5ccccc5cc4c23)cc1. The van der Waals surface area contributed by atoms with Crippen LogP contribution in [0.15, 0.2) is 245 Å². The quantitative estimate of drug-likeness (QED) is 0.173. The predicted octanol–water partition coefficient (Wildman–Crippen LogP) is 17.8. The van der Waals surface area contributed by atoms with Crippen molar-refractivity contribution >= 4 is 71.7 Å². The second kappa shape index (κ2) is 14.0. The average Bonchev–Trinajstić information content (AvgIpc) is 4.14. The summed E-state index contributed by atoms with van der Waals surface area (Å²) in [6.45, 7) is 0. The van der Waals surface area contributed by atoms with Gasteiger partial charge in [-0.2, -0.15) is 0 Å². The normalized spacial score (nSPS) is 13.1. The Labute approximate surface area is 392 Å². The van der Waals surface area contributed by atoms with E-state index in [-0.39, 0.29) is 0 Å². The van der Waals surface area contributed by atoms with Crippen LogP contribution in [0.4, 0.5) is 17.1 Å². The van der Waals surface area contributed by atoms with Crippen molar-refractivity contribution < 1.29 is 8.83 Å². The maximum Gasteiger partial charge on any atom is 0.144 e. The van der Waals surface area contributed by atoms with Crippen molar-refractivity contribution in [3.05, 3.63) is 259 Å². The molecule has 3 heteroatoms. The first-order chi connectivity index (χ1) is 33.8. The van der Waals surface area contributed by atoms with Gasteiger partial charge in [-0.15, -0.1) is 0 Å². The van der Waals surface area contributed by atoms with Crippen LogP contribution in [0.5, 0.6) is 0 Å². The van der Waals surface area contributed by atoms with Crippen LogP contribution in [-0.2, 0) is 5.41 Å². The molecule has 0 radical (unpaired) electrons. The number of para-hydroxylation sites is 3. The van der Waals surface area contributed by atoms with E-state index in [9.17, 15) is 0 Å². The Morgan fingerprint density at radius 1 is 0.324 bits per heavy atom. The second-order valence-electron chi connectivity index (χ2n) is 18.2. The molecule has 3 nitrogen and oxygen atoms in total. The van der Waals surface area contributed by atoms with E-state index in [1.807, 2.05) is 6.07 Å². The number of fused-ring (bicyclic) bond motifs is 17. The molecule has 0 unspecified atom stereocenters. The van der Waals surface area contributed by atoms with Crippen molar-refractivity contribution in [3.8, 4) is 44.5 Å². The molecular formula is C65H39NO2. The first-order valence-electron chi connectivity index (χ1n) is 23.4. The van der Waals surface area contributed by atoms with Crippen molar-refractivity contribution in [1.82, 2.24) is 0 Å². The summed E-state index contributed by atoms with van der Waals surface area (Å²) in [5.41, 5.74) is 20.7. The highest BCUT2D eigenvalue weighted by molar-refractivity contribution is 6.24. The molecule has 68 heavy (non-hydrogen) atoms. The molecule has 2 aliphatic rings. The van der Waals surface area contributed by atoms with Gasteiger partial charge in [-0.1, -0.05) is 194 Å². The zero-order chi connectivity index (χ0) is 44.5. The number of anilines is 3. The van der Waals surface area contributed by atoms with Crippen molar-refractivity contribution in [2.75, 3.05) is 4.90 Å². The third kappa shape index (κ3) is 4.97. The van der Waals surface area contributed by atoms with Crippen molar-refractivity contribution in [2.24, 2.45) is 0 Å². The van der Waals surface area contributed by atoms with Gasteiger partial charge in [0, 0.05) is 38.5 Å². The molecule has 0 N–H and O–H groups in total. The van der Waals surface area contributed by atoms with Crippen LogP contribution >= 0.6 is 0 Å². The molecule has 0 bridgehead atoms. The summed E-state index contributed by atoms with van der Waals surface area (Å²) in [6.07, 6.45) is 0. The van der Waals surface area contributed by atoms with Gasteiger partial charge in [-0.3, -0.25) is 0 Å². The summed E-state index contributed by atoms with van der Waals surface area (Å²) < 4.78 is 14.0. The van der Waals surface area contributed by atoms with E-state index in [1.54, 1.807) is 0 Å². The summed E-state index contributed by atoms with van der Waals surface area (Å²) in [4.78, 5) is 2.48. The van der Waals surface area contributed by atoms with E-state index < -0.39 is 5.41 Å². The number of rotatable bonds is 5. The molecule has 2 aromatic heterocycles. The zero-order valence-electron chi connectivity index (χ0n) is 36.8. The molecule has 0 atom stereocenters. The van der Waals surface area contributed by atoms with Crippen molar-refractivity contribution in [2.45, 2.75) is 5.41 Å². The number of nitrogens with zero attached hydrogens (tertiary/aromatic N) is 1. The van der Waals surface area contributed by atoms with E-state index >= 15 is 0 Å². The fraction of sp³-hybridized carbons (Fsp3) is 0.0154. The Hall–Kier alpha value is -8.92. The Bertz CT molecular complexity index is 4170. The average molecular weight is 866 g/mol. The van der Waals surface area contributed by atoms with E-state index in [0.29, 0.717) is 0 Å². The minimum Gasteiger partial charge on any atom is -0.455 e. The van der Waals surface area contributed by atoms with Crippen LogP contribution in [-0.4, -0.2) is 0 Å². The highest BCUT2D eigenvalue weighted by atomic mass is 16.3. The molecule has 0 amide bonds. The molecule has 0 saturated carbocycles. The third-order valence-electron chi connectivity index (χ3n) is 14.9. The van der Waals surface area contributed by atoms with Gasteiger partial charge >= 0.3 is 0 Å². The van der Waals surface area contributed by atoms with E-state index in [0.717, 1.165) is 94.0 Å². The number of benzene rings is 11. The molecular weight excluding hydrogens is 827 g/mol. The lowest BCUT2D eigenvalue weighted by atomic mass is 9.70. The second-order valence-corrected chi connectivity index (χ2v) is 18.2. The number of furan rings is 2. The fourth-order valence-corrected chi connectivity index (χ4v) is 12.2. The number of hydrogen-bond acceptors (Lipinski definition) is 3. The van der Waals surface area contributed by atoms with Crippen LogP contribution in [0, 0.1) is 0 Å². The Kier molecular flexibility index (Phi) is 7.71. The minimum absolute atomic E-state index is 0.500. The maximum atomic E-state index is 7.25. The Balaban J connectivity index is 1.05. The lowest BCUT2D eigenvalue weighted by Gasteiger charge is -2.33. The van der Waals surface area contributed by atoms with Crippen LogP contribution in [0.1, 0.15) is 22.3 Å². The zero-order valence-corrected chi connectivity index (χ0v) is 36.8. The summed E-state index contributed by atoms with van der Waals surface area (Å²) in [6, 6.07) is 86.2. The molecule has 0 aliphatic heterocycles. The van der Waals surface area contributed by atoms with Gasteiger partial charge < -0.3 is 13.7 Å². The first kappa shape index (κ1) is 37.3. The largest absolute Gasteiger partial charge is 0.455 e. The van der Waals surface area contributed by atoms with Gasteiger partial charge in [0.15, 0.2) is 0 Å². The predicted molar refractivity (Wildman–Crippen MR) is 280 cm³/mol. The maximum absolute atomic E-state index is 7.25. The van der Waals surface area contributed by atoms with Crippen LogP contribution < -0.4 is 4.90 Å². The molecule has 1 spiro atoms. The molecule has 11 aromatic carbocycles. The standard InChI is InChI=1S/C65H39NO2/c1-2-18-40(19-3-1)43-21-9-14-32-57(43)66(42-36-37-48-47-25-8-13-31-55(47)65(56(48)39-42)53-29-11-6-23-45(53)46-24-7-12-30-54(46)65)58-33-17-35-60-62(58)52-38-41-20-4-5-22-44(41)61(64(52)68-60)51-28-16-27-50-49-26-10-15-34-59(49)67-63(50)51/h1-39H. The summed E-state index contributed by atoms with van der Waals surface area (Å²) in [5, 5.41) is 6.52. The Morgan fingerprint density at radius 3 is 1.63 bits per heavy atom. The number of hydrogen-bond donors (Lipinski definition) is 0. The summed E-state index contributed by atoms with van der Waals surface area (Å²) >= 11 is 0. The van der Waals surface area contributed by atoms with Crippen LogP contribution in [0.2, 0.25) is 0 Å². The lowest BCUT2D eigenvalue weighted by Crippen LogP contribution is -2.26. The highest BCUT2D eigenvalue weighted by Gasteiger charge is 2.51. The lowest BCUT2D eigenvalue weighted by molar-refractivity contribution is 0.665. The minimum atomic E-state index is -0.500. The molecule has 13 aromatic rings. The van der Waals surface area contributed by atoms with Gasteiger partial charge in [-0.25, -0.2) is 0 Å². The molecule has 0 saturated heterocycles. The van der Waals surface area contributed by atoms with Crippen LogP contribution in [0.25, 0.3) is 99.2 Å². The first-order valence-corrected chi connectivity index (χ1v) is 23.4. The molecule has 0 fully saturated rings. The molecule has 15 rings (SSSR count). The monoisotopic (exact) mass is 865 g/mol. The highest BCUT2D eigenvalue weighted by Crippen LogP contribution is 2.63. The van der Waals surface area contributed by atoms with Gasteiger partial charge in [0.25, 0.3) is 0 Å². The van der Waals surface area contributed by atoms with Crippen molar-refractivity contribution in [3.63, 3.8) is 0 Å².